The molecule has 0 saturated carbocycles. The van der Waals surface area contributed by atoms with Gasteiger partial charge in [-0.15, -0.1) is 11.3 Å². The third-order valence-corrected chi connectivity index (χ3v) is 4.82. The predicted octanol–water partition coefficient (Wildman–Crippen LogP) is 1.87. The van der Waals surface area contributed by atoms with Gasteiger partial charge in [-0.1, -0.05) is 0 Å². The normalized spacial score (nSPS) is 15.2. The van der Waals surface area contributed by atoms with Crippen molar-refractivity contribution in [2.24, 2.45) is 5.73 Å². The molecule has 1 aliphatic rings. The first-order chi connectivity index (χ1) is 11.6. The number of amides is 1. The van der Waals surface area contributed by atoms with Crippen molar-refractivity contribution >= 4 is 33.8 Å². The van der Waals surface area contributed by atoms with Crippen LogP contribution in [-0.2, 0) is 0 Å². The van der Waals surface area contributed by atoms with E-state index in [1.54, 1.807) is 23.6 Å². The summed E-state index contributed by atoms with van der Waals surface area (Å²) in [6.07, 6.45) is 2.64. The zero-order valence-electron chi connectivity index (χ0n) is 12.9. The maximum Gasteiger partial charge on any atom is 0.293 e. The third-order valence-electron chi connectivity index (χ3n) is 3.98. The number of carbonyl (C=O) groups excluding carboxylic acids is 1. The van der Waals surface area contributed by atoms with Gasteiger partial charge in [-0.05, 0) is 18.6 Å². The molecule has 0 spiro atoms. The molecule has 2 N–H and O–H groups in total. The molecule has 0 aliphatic carbocycles. The van der Waals surface area contributed by atoms with Gasteiger partial charge in [0.05, 0.1) is 4.92 Å². The lowest BCUT2D eigenvalue weighted by Crippen LogP contribution is -2.31. The molecule has 0 bridgehead atoms. The summed E-state index contributed by atoms with van der Waals surface area (Å²) in [7, 11) is 0. The van der Waals surface area contributed by atoms with E-state index in [4.69, 9.17) is 5.73 Å². The minimum Gasteiger partial charge on any atom is -0.366 e. The molecule has 24 heavy (non-hydrogen) atoms. The number of primary amides is 1. The number of nitro benzene ring substituents is 1. The third kappa shape index (κ3) is 3.30. The standard InChI is InChI=1S/C15H17N5O3S/c16-14(21)11-2-3-12(13(10-11)20(22)23)18-5-1-6-19(8-7-18)15-17-4-9-24-15/h2-4,9-10H,1,5-8H2,(H2,16,21). The molecule has 8 nitrogen and oxygen atoms in total. The Balaban J connectivity index is 1.83. The monoisotopic (exact) mass is 347 g/mol. The smallest absolute Gasteiger partial charge is 0.293 e. The number of nitro groups is 1. The van der Waals surface area contributed by atoms with E-state index >= 15 is 0 Å². The largest absolute Gasteiger partial charge is 0.366 e. The molecule has 3 rings (SSSR count). The van der Waals surface area contributed by atoms with E-state index in [0.29, 0.717) is 18.8 Å². The van der Waals surface area contributed by atoms with Gasteiger partial charge in [0, 0.05) is 49.4 Å². The van der Waals surface area contributed by atoms with Gasteiger partial charge in [-0.25, -0.2) is 4.98 Å². The van der Waals surface area contributed by atoms with Crippen molar-refractivity contribution in [2.45, 2.75) is 6.42 Å². The second-order valence-corrected chi connectivity index (χ2v) is 6.34. The van der Waals surface area contributed by atoms with Gasteiger partial charge >= 0.3 is 0 Å². The fourth-order valence-electron chi connectivity index (χ4n) is 2.81. The van der Waals surface area contributed by atoms with Gasteiger partial charge in [0.2, 0.25) is 5.91 Å². The fraction of sp³-hybridized carbons (Fsp3) is 0.333. The average molecular weight is 347 g/mol. The van der Waals surface area contributed by atoms with Crippen LogP contribution < -0.4 is 15.5 Å². The maximum atomic E-state index is 11.4. The second kappa shape index (κ2) is 6.83. The van der Waals surface area contributed by atoms with Crippen LogP contribution in [0.4, 0.5) is 16.5 Å². The van der Waals surface area contributed by atoms with E-state index in [0.717, 1.165) is 24.6 Å². The van der Waals surface area contributed by atoms with Crippen LogP contribution in [0.2, 0.25) is 0 Å². The van der Waals surface area contributed by atoms with Gasteiger partial charge in [0.25, 0.3) is 5.69 Å². The van der Waals surface area contributed by atoms with Crippen molar-refractivity contribution in [1.29, 1.82) is 0 Å². The zero-order valence-corrected chi connectivity index (χ0v) is 13.7. The number of carbonyl (C=O) groups is 1. The topological polar surface area (TPSA) is 106 Å². The minimum absolute atomic E-state index is 0.0889. The zero-order chi connectivity index (χ0) is 17.1. The number of thiazole rings is 1. The van der Waals surface area contributed by atoms with Gasteiger partial charge < -0.3 is 15.5 Å². The first-order valence-corrected chi connectivity index (χ1v) is 8.42. The molecule has 0 radical (unpaired) electrons. The Morgan fingerprint density at radius 2 is 2.00 bits per heavy atom. The van der Waals surface area contributed by atoms with E-state index in [9.17, 15) is 14.9 Å². The molecule has 1 fully saturated rings. The Labute approximate surface area is 142 Å². The van der Waals surface area contributed by atoms with Gasteiger partial charge in [0.1, 0.15) is 5.69 Å². The summed E-state index contributed by atoms with van der Waals surface area (Å²) in [5.41, 5.74) is 5.79. The number of rotatable bonds is 4. The number of anilines is 2. The molecule has 1 aliphatic heterocycles. The molecule has 1 aromatic carbocycles. The highest BCUT2D eigenvalue weighted by Gasteiger charge is 2.24. The van der Waals surface area contributed by atoms with Crippen LogP contribution in [0.3, 0.4) is 0 Å². The molecular weight excluding hydrogens is 330 g/mol. The first-order valence-electron chi connectivity index (χ1n) is 7.54. The van der Waals surface area contributed by atoms with E-state index in [2.05, 4.69) is 9.88 Å². The minimum atomic E-state index is -0.671. The predicted molar refractivity (Wildman–Crippen MR) is 92.8 cm³/mol. The van der Waals surface area contributed by atoms with Crippen LogP contribution in [0, 0.1) is 10.1 Å². The van der Waals surface area contributed by atoms with E-state index < -0.39 is 10.8 Å². The van der Waals surface area contributed by atoms with Gasteiger partial charge in [-0.2, -0.15) is 0 Å². The summed E-state index contributed by atoms with van der Waals surface area (Å²) in [4.78, 5) is 30.7. The molecule has 1 aromatic heterocycles. The van der Waals surface area contributed by atoms with Crippen LogP contribution in [0.5, 0.6) is 0 Å². The summed E-state index contributed by atoms with van der Waals surface area (Å²) in [5, 5.41) is 14.3. The van der Waals surface area contributed by atoms with E-state index in [-0.39, 0.29) is 11.3 Å². The summed E-state index contributed by atoms with van der Waals surface area (Å²) in [5.74, 6) is -0.671. The summed E-state index contributed by atoms with van der Waals surface area (Å²) in [6, 6.07) is 4.40. The Kier molecular flexibility index (Phi) is 4.61. The highest BCUT2D eigenvalue weighted by Crippen LogP contribution is 2.30. The van der Waals surface area contributed by atoms with Gasteiger partial charge in [0.15, 0.2) is 5.13 Å². The molecule has 0 unspecified atom stereocenters. The number of benzene rings is 1. The lowest BCUT2D eigenvalue weighted by molar-refractivity contribution is -0.384. The van der Waals surface area contributed by atoms with Crippen molar-refractivity contribution in [1.82, 2.24) is 4.98 Å². The second-order valence-electron chi connectivity index (χ2n) is 5.47. The Morgan fingerprint density at radius 1 is 1.25 bits per heavy atom. The molecule has 9 heteroatoms. The molecule has 1 saturated heterocycles. The Hall–Kier alpha value is -2.68. The molecule has 126 valence electrons. The number of aromatic nitrogens is 1. The highest BCUT2D eigenvalue weighted by atomic mass is 32.1. The number of nitrogens with two attached hydrogens (primary N) is 1. The van der Waals surface area contributed by atoms with Gasteiger partial charge in [-0.3, -0.25) is 14.9 Å². The van der Waals surface area contributed by atoms with Crippen molar-refractivity contribution in [3.8, 4) is 0 Å². The summed E-state index contributed by atoms with van der Waals surface area (Å²) in [6.45, 7) is 2.95. The Morgan fingerprint density at radius 3 is 2.67 bits per heavy atom. The Bertz CT molecular complexity index is 750. The molecule has 2 aromatic rings. The molecule has 1 amide bonds. The SMILES string of the molecule is NC(=O)c1ccc(N2CCCN(c3nccs3)CC2)c([N+](=O)[O-])c1. The number of hydrogen-bond acceptors (Lipinski definition) is 7. The first kappa shape index (κ1) is 16.2. The van der Waals surface area contributed by atoms with Crippen LogP contribution in [0.15, 0.2) is 29.8 Å². The number of hydrogen-bond donors (Lipinski definition) is 1. The van der Waals surface area contributed by atoms with Crippen LogP contribution in [0.25, 0.3) is 0 Å². The van der Waals surface area contributed by atoms with Crippen molar-refractivity contribution in [3.63, 3.8) is 0 Å². The molecular formula is C15H17N5O3S. The lowest BCUT2D eigenvalue weighted by atomic mass is 10.1. The van der Waals surface area contributed by atoms with Crippen molar-refractivity contribution in [2.75, 3.05) is 36.0 Å². The van der Waals surface area contributed by atoms with Crippen LogP contribution in [-0.4, -0.2) is 42.0 Å². The quantitative estimate of drug-likeness (QED) is 0.668. The van der Waals surface area contributed by atoms with Crippen molar-refractivity contribution in [3.05, 3.63) is 45.5 Å². The fourth-order valence-corrected chi connectivity index (χ4v) is 3.51. The van der Waals surface area contributed by atoms with E-state index in [1.165, 1.54) is 12.1 Å². The summed E-state index contributed by atoms with van der Waals surface area (Å²) >= 11 is 1.59. The highest BCUT2D eigenvalue weighted by molar-refractivity contribution is 7.13. The average Bonchev–Trinajstić information content (AvgIpc) is 2.99. The number of nitrogens with zero attached hydrogens (tertiary/aromatic N) is 4. The molecule has 2 heterocycles. The lowest BCUT2D eigenvalue weighted by Gasteiger charge is -2.23. The molecule has 0 atom stereocenters. The summed E-state index contributed by atoms with van der Waals surface area (Å²) < 4.78 is 0. The maximum absolute atomic E-state index is 11.4. The van der Waals surface area contributed by atoms with Crippen molar-refractivity contribution < 1.29 is 9.72 Å². The van der Waals surface area contributed by atoms with Crippen LogP contribution in [0.1, 0.15) is 16.8 Å². The van der Waals surface area contributed by atoms with E-state index in [1.807, 2.05) is 10.3 Å². The van der Waals surface area contributed by atoms with Crippen LogP contribution >= 0.6 is 11.3 Å².